The van der Waals surface area contributed by atoms with Crippen LogP contribution in [0.4, 0.5) is 13.2 Å². The topological polar surface area (TPSA) is 0 Å². The Balaban J connectivity index is 2.63. The van der Waals surface area contributed by atoms with Gasteiger partial charge < -0.3 is 0 Å². The maximum atomic E-state index is 12.9. The van der Waals surface area contributed by atoms with Gasteiger partial charge in [0.15, 0.2) is 0 Å². The molecule has 0 atom stereocenters. The van der Waals surface area contributed by atoms with Crippen LogP contribution in [0.1, 0.15) is 11.1 Å². The fourth-order valence-electron chi connectivity index (χ4n) is 1.82. The minimum Gasteiger partial charge on any atom is -0.166 e. The van der Waals surface area contributed by atoms with Crippen molar-refractivity contribution < 1.29 is 13.2 Å². The predicted octanol–water partition coefficient (Wildman–Crippen LogP) is 7.07. The van der Waals surface area contributed by atoms with E-state index in [0.717, 1.165) is 12.1 Å². The first-order chi connectivity index (χ1) is 9.72. The van der Waals surface area contributed by atoms with E-state index in [0.29, 0.717) is 16.7 Å². The van der Waals surface area contributed by atoms with Crippen LogP contribution in [0.25, 0.3) is 11.1 Å². The molecule has 0 aliphatic carbocycles. The second-order valence-corrected chi connectivity index (χ2v) is 5.76. The number of hydrogen-bond acceptors (Lipinski definition) is 0. The van der Waals surface area contributed by atoms with Crippen LogP contribution in [0.15, 0.2) is 30.3 Å². The molecule has 2 aromatic carbocycles. The first kappa shape index (κ1) is 16.8. The van der Waals surface area contributed by atoms with Gasteiger partial charge in [-0.05, 0) is 47.0 Å². The molecule has 0 bridgehead atoms. The molecule has 0 spiro atoms. The fraction of sp³-hybridized carbons (Fsp3) is 0.143. The molecule has 0 N–H and O–H groups in total. The van der Waals surface area contributed by atoms with Crippen molar-refractivity contribution in [2.45, 2.75) is 12.1 Å². The van der Waals surface area contributed by atoms with Crippen molar-refractivity contribution >= 4 is 46.4 Å². The Kier molecular flexibility index (Phi) is 4.99. The molecule has 0 saturated heterocycles. The highest BCUT2D eigenvalue weighted by Crippen LogP contribution is 2.38. The molecule has 21 heavy (non-hydrogen) atoms. The average Bonchev–Trinajstić information content (AvgIpc) is 2.42. The lowest BCUT2D eigenvalue weighted by atomic mass is 10.00. The third-order valence-corrected chi connectivity index (χ3v) is 4.30. The molecule has 0 radical (unpaired) electrons. The average molecular weight is 374 g/mol. The Labute approximate surface area is 139 Å². The molecule has 0 nitrogen and oxygen atoms in total. The van der Waals surface area contributed by atoms with E-state index in [2.05, 4.69) is 0 Å². The van der Waals surface area contributed by atoms with Gasteiger partial charge >= 0.3 is 6.18 Å². The maximum absolute atomic E-state index is 12.9. The zero-order valence-corrected chi connectivity index (χ0v) is 13.3. The van der Waals surface area contributed by atoms with Crippen molar-refractivity contribution in [1.82, 2.24) is 0 Å². The summed E-state index contributed by atoms with van der Waals surface area (Å²) < 4.78 is 38.7. The van der Waals surface area contributed by atoms with Gasteiger partial charge in [0.2, 0.25) is 0 Å². The van der Waals surface area contributed by atoms with Crippen molar-refractivity contribution in [2.75, 3.05) is 0 Å². The Morgan fingerprint density at radius 2 is 1.33 bits per heavy atom. The van der Waals surface area contributed by atoms with Gasteiger partial charge in [0.25, 0.3) is 0 Å². The summed E-state index contributed by atoms with van der Waals surface area (Å²) in [6.45, 7) is 0. The van der Waals surface area contributed by atoms with E-state index in [1.807, 2.05) is 0 Å². The zero-order valence-electron chi connectivity index (χ0n) is 10.2. The smallest absolute Gasteiger partial charge is 0.166 e. The van der Waals surface area contributed by atoms with E-state index in [1.165, 1.54) is 12.1 Å². The summed E-state index contributed by atoms with van der Waals surface area (Å²) in [7, 11) is 0. The van der Waals surface area contributed by atoms with Gasteiger partial charge in [-0.3, -0.25) is 0 Å². The largest absolute Gasteiger partial charge is 0.416 e. The van der Waals surface area contributed by atoms with Crippen LogP contribution in [0.3, 0.4) is 0 Å². The molecule has 0 fully saturated rings. The lowest BCUT2D eigenvalue weighted by Crippen LogP contribution is -2.05. The van der Waals surface area contributed by atoms with E-state index in [4.69, 9.17) is 46.4 Å². The van der Waals surface area contributed by atoms with Gasteiger partial charge in [-0.15, -0.1) is 11.6 Å². The molecular weight excluding hydrogens is 367 g/mol. The van der Waals surface area contributed by atoms with Crippen LogP contribution in [-0.4, -0.2) is 0 Å². The molecule has 0 aliphatic heterocycles. The van der Waals surface area contributed by atoms with E-state index < -0.39 is 11.7 Å². The maximum Gasteiger partial charge on any atom is 0.416 e. The second-order valence-electron chi connectivity index (χ2n) is 4.30. The number of benzene rings is 2. The summed E-state index contributed by atoms with van der Waals surface area (Å²) in [6.07, 6.45) is -4.46. The predicted molar refractivity (Wildman–Crippen MR) is 81.5 cm³/mol. The third kappa shape index (κ3) is 3.78. The minimum atomic E-state index is -4.46. The Bertz CT molecular complexity index is 657. The van der Waals surface area contributed by atoms with Crippen LogP contribution in [0.2, 0.25) is 15.1 Å². The Morgan fingerprint density at radius 3 is 1.81 bits per heavy atom. The van der Waals surface area contributed by atoms with Crippen molar-refractivity contribution in [2.24, 2.45) is 0 Å². The fourth-order valence-corrected chi connectivity index (χ4v) is 2.57. The molecule has 0 unspecified atom stereocenters. The van der Waals surface area contributed by atoms with Crippen molar-refractivity contribution in [3.8, 4) is 11.1 Å². The van der Waals surface area contributed by atoms with Crippen LogP contribution < -0.4 is 0 Å². The van der Waals surface area contributed by atoms with Gasteiger partial charge in [-0.25, -0.2) is 0 Å². The molecule has 0 aliphatic rings. The monoisotopic (exact) mass is 372 g/mol. The standard InChI is InChI=1S/C14H7Cl4F3/c15-6-7-1-8(3-10(2-7)14(19,20)21)9-4-11(16)13(18)12(17)5-9/h1-5H,6H2. The highest BCUT2D eigenvalue weighted by atomic mass is 35.5. The molecule has 0 amide bonds. The third-order valence-electron chi connectivity index (χ3n) is 2.79. The second kappa shape index (κ2) is 6.25. The molecule has 7 heteroatoms. The van der Waals surface area contributed by atoms with E-state index in [1.54, 1.807) is 6.07 Å². The molecule has 0 aromatic heterocycles. The summed E-state index contributed by atoms with van der Waals surface area (Å²) >= 11 is 23.3. The summed E-state index contributed by atoms with van der Waals surface area (Å²) in [4.78, 5) is 0. The minimum absolute atomic E-state index is 0.0357. The number of alkyl halides is 4. The van der Waals surface area contributed by atoms with Gasteiger partial charge in [0.05, 0.1) is 20.6 Å². The molecule has 112 valence electrons. The first-order valence-corrected chi connectivity index (χ1v) is 7.31. The Morgan fingerprint density at radius 1 is 0.810 bits per heavy atom. The molecule has 2 rings (SSSR count). The molecule has 0 heterocycles. The number of hydrogen-bond donors (Lipinski definition) is 0. The summed E-state index contributed by atoms with van der Waals surface area (Å²) in [5, 5.41) is 0.500. The number of rotatable bonds is 2. The normalized spacial score (nSPS) is 11.8. The van der Waals surface area contributed by atoms with Crippen LogP contribution in [-0.2, 0) is 12.1 Å². The summed E-state index contributed by atoms with van der Waals surface area (Å²) in [6, 6.07) is 6.51. The zero-order chi connectivity index (χ0) is 15.8. The Hall–Kier alpha value is -0.610. The lowest BCUT2D eigenvalue weighted by Gasteiger charge is -2.12. The van der Waals surface area contributed by atoms with E-state index in [9.17, 15) is 13.2 Å². The van der Waals surface area contributed by atoms with E-state index >= 15 is 0 Å². The van der Waals surface area contributed by atoms with Gasteiger partial charge in [-0.1, -0.05) is 34.8 Å². The lowest BCUT2D eigenvalue weighted by molar-refractivity contribution is -0.137. The SMILES string of the molecule is FC(F)(F)c1cc(CCl)cc(-c2cc(Cl)c(Cl)c(Cl)c2)c1. The summed E-state index contributed by atoms with van der Waals surface area (Å²) in [5.74, 6) is -0.0357. The van der Waals surface area contributed by atoms with Crippen molar-refractivity contribution in [3.05, 3.63) is 56.5 Å². The molecular formula is C14H7Cl4F3. The van der Waals surface area contributed by atoms with Crippen LogP contribution >= 0.6 is 46.4 Å². The van der Waals surface area contributed by atoms with Gasteiger partial charge in [0, 0.05) is 5.88 Å². The van der Waals surface area contributed by atoms with Crippen molar-refractivity contribution in [1.29, 1.82) is 0 Å². The van der Waals surface area contributed by atoms with Gasteiger partial charge in [-0.2, -0.15) is 13.2 Å². The van der Waals surface area contributed by atoms with Crippen LogP contribution in [0, 0.1) is 0 Å². The van der Waals surface area contributed by atoms with Crippen LogP contribution in [0.5, 0.6) is 0 Å². The highest BCUT2D eigenvalue weighted by Gasteiger charge is 2.31. The number of halogens is 7. The quantitative estimate of drug-likeness (QED) is 0.390. The summed E-state index contributed by atoms with van der Waals surface area (Å²) in [5.41, 5.74) is 0.328. The highest BCUT2D eigenvalue weighted by molar-refractivity contribution is 6.48. The van der Waals surface area contributed by atoms with Gasteiger partial charge in [0.1, 0.15) is 0 Å². The first-order valence-electron chi connectivity index (χ1n) is 5.64. The van der Waals surface area contributed by atoms with E-state index in [-0.39, 0.29) is 20.9 Å². The molecule has 2 aromatic rings. The molecule has 0 saturated carbocycles. The van der Waals surface area contributed by atoms with Crippen molar-refractivity contribution in [3.63, 3.8) is 0 Å².